The van der Waals surface area contributed by atoms with Crippen LogP contribution in [0, 0.1) is 0 Å². The van der Waals surface area contributed by atoms with Crippen LogP contribution in [0.3, 0.4) is 0 Å². The van der Waals surface area contributed by atoms with Crippen LogP contribution in [0.25, 0.3) is 11.0 Å². The van der Waals surface area contributed by atoms with E-state index in [4.69, 9.17) is 11.6 Å². The fraction of sp³-hybridized carbons (Fsp3) is 0.438. The molecule has 0 spiro atoms. The smallest absolute Gasteiger partial charge is 0.143 e. The zero-order chi connectivity index (χ0) is 15.8. The van der Waals surface area contributed by atoms with Crippen molar-refractivity contribution < 1.29 is 0 Å². The van der Waals surface area contributed by atoms with E-state index in [1.807, 2.05) is 17.1 Å². The van der Waals surface area contributed by atoms with Gasteiger partial charge in [-0.1, -0.05) is 18.5 Å². The van der Waals surface area contributed by atoms with Crippen molar-refractivity contribution in [2.75, 3.05) is 18.0 Å². The highest BCUT2D eigenvalue weighted by atomic mass is 35.5. The molecule has 0 atom stereocenters. The number of fused-ring (bicyclic) bond motifs is 1. The van der Waals surface area contributed by atoms with Crippen LogP contribution in [0.1, 0.15) is 31.4 Å². The van der Waals surface area contributed by atoms with Gasteiger partial charge in [-0.25, -0.2) is 9.97 Å². The van der Waals surface area contributed by atoms with E-state index >= 15 is 0 Å². The van der Waals surface area contributed by atoms with Crippen LogP contribution in [-0.4, -0.2) is 37.8 Å². The molecule has 4 rings (SSSR count). The van der Waals surface area contributed by atoms with E-state index in [1.54, 1.807) is 12.5 Å². The Bertz CT molecular complexity index is 815. The molecule has 1 aliphatic rings. The first-order valence-electron chi connectivity index (χ1n) is 8.02. The van der Waals surface area contributed by atoms with Gasteiger partial charge in [-0.3, -0.25) is 4.68 Å². The van der Waals surface area contributed by atoms with Gasteiger partial charge >= 0.3 is 0 Å². The first-order valence-corrected chi connectivity index (χ1v) is 8.39. The number of aromatic amines is 1. The van der Waals surface area contributed by atoms with Crippen LogP contribution in [0.2, 0.25) is 5.02 Å². The molecule has 3 aromatic heterocycles. The average Bonchev–Trinajstić information content (AvgIpc) is 3.21. The summed E-state index contributed by atoms with van der Waals surface area (Å²) in [6.07, 6.45) is 10.4. The van der Waals surface area contributed by atoms with Gasteiger partial charge in [0.2, 0.25) is 0 Å². The highest BCUT2D eigenvalue weighted by Gasteiger charge is 2.24. The number of rotatable bonds is 3. The molecule has 1 saturated heterocycles. The lowest BCUT2D eigenvalue weighted by Crippen LogP contribution is -2.35. The minimum atomic E-state index is 0.410. The van der Waals surface area contributed by atoms with Crippen LogP contribution >= 0.6 is 11.6 Å². The maximum Gasteiger partial charge on any atom is 0.143 e. The molecule has 1 fully saturated rings. The molecule has 1 N–H and O–H groups in total. The molecule has 0 aliphatic carbocycles. The molecular weight excluding hydrogens is 312 g/mol. The first kappa shape index (κ1) is 14.5. The molecule has 0 aromatic carbocycles. The number of nitrogens with one attached hydrogen (secondary N) is 1. The maximum atomic E-state index is 5.98. The fourth-order valence-electron chi connectivity index (χ4n) is 3.38. The van der Waals surface area contributed by atoms with E-state index in [9.17, 15) is 0 Å². The number of piperidine rings is 1. The zero-order valence-corrected chi connectivity index (χ0v) is 13.8. The monoisotopic (exact) mass is 330 g/mol. The predicted molar refractivity (Wildman–Crippen MR) is 91.0 cm³/mol. The lowest BCUT2D eigenvalue weighted by Gasteiger charge is -2.33. The first-order chi connectivity index (χ1) is 11.3. The number of aromatic nitrogens is 5. The normalized spacial score (nSPS) is 16.3. The quantitative estimate of drug-likeness (QED) is 0.801. The molecule has 4 heterocycles. The number of hydrogen-bond donors (Lipinski definition) is 1. The van der Waals surface area contributed by atoms with E-state index in [0.717, 1.165) is 49.2 Å². The largest absolute Gasteiger partial charge is 0.356 e. The lowest BCUT2D eigenvalue weighted by atomic mass is 10.0. The standard InChI is InChI=1S/C16H19ClN6/c1-2-11-7-18-15-14(11)16(20-10-19-15)22-5-3-13(4-6-22)23-9-12(17)8-21-23/h7-10,13H,2-6H2,1H3,(H,18,19,20). The third kappa shape index (κ3) is 2.57. The Morgan fingerprint density at radius 3 is 2.83 bits per heavy atom. The summed E-state index contributed by atoms with van der Waals surface area (Å²) in [5, 5.41) is 6.20. The molecule has 3 aromatic rings. The van der Waals surface area contributed by atoms with Crippen molar-refractivity contribution in [2.45, 2.75) is 32.2 Å². The Morgan fingerprint density at radius 1 is 1.30 bits per heavy atom. The SMILES string of the molecule is CCc1c[nH]c2ncnc(N3CCC(n4cc(Cl)cn4)CC3)c12. The Balaban J connectivity index is 1.58. The summed E-state index contributed by atoms with van der Waals surface area (Å²) < 4.78 is 1.99. The molecule has 1 aliphatic heterocycles. The number of hydrogen-bond acceptors (Lipinski definition) is 4. The van der Waals surface area contributed by atoms with E-state index in [-0.39, 0.29) is 0 Å². The molecule has 6 nitrogen and oxygen atoms in total. The summed E-state index contributed by atoms with van der Waals surface area (Å²) in [6.45, 7) is 4.08. The Morgan fingerprint density at radius 2 is 2.13 bits per heavy atom. The summed E-state index contributed by atoms with van der Waals surface area (Å²) in [4.78, 5) is 14.5. The highest BCUT2D eigenvalue weighted by molar-refractivity contribution is 6.30. The number of anilines is 1. The number of halogens is 1. The minimum Gasteiger partial charge on any atom is -0.356 e. The Kier molecular flexibility index (Phi) is 3.69. The van der Waals surface area contributed by atoms with Crippen LogP contribution in [0.5, 0.6) is 0 Å². The predicted octanol–water partition coefficient (Wildman–Crippen LogP) is 3.21. The minimum absolute atomic E-state index is 0.410. The second-order valence-corrected chi connectivity index (χ2v) is 6.38. The molecule has 0 radical (unpaired) electrons. The second-order valence-electron chi connectivity index (χ2n) is 5.95. The van der Waals surface area contributed by atoms with Gasteiger partial charge in [0.25, 0.3) is 0 Å². The van der Waals surface area contributed by atoms with E-state index in [1.165, 1.54) is 5.56 Å². The molecule has 120 valence electrons. The molecule has 0 unspecified atom stereocenters. The van der Waals surface area contributed by atoms with E-state index in [2.05, 4.69) is 31.9 Å². The van der Waals surface area contributed by atoms with Gasteiger partial charge in [-0.05, 0) is 24.8 Å². The van der Waals surface area contributed by atoms with Crippen molar-refractivity contribution in [1.82, 2.24) is 24.7 Å². The fourth-order valence-corrected chi connectivity index (χ4v) is 3.53. The van der Waals surface area contributed by atoms with Crippen LogP contribution in [-0.2, 0) is 6.42 Å². The van der Waals surface area contributed by atoms with Gasteiger partial charge in [-0.15, -0.1) is 0 Å². The van der Waals surface area contributed by atoms with Crippen LogP contribution < -0.4 is 4.90 Å². The molecule has 0 saturated carbocycles. The van der Waals surface area contributed by atoms with Gasteiger partial charge in [0, 0.05) is 25.5 Å². The van der Waals surface area contributed by atoms with Crippen molar-refractivity contribution in [2.24, 2.45) is 0 Å². The summed E-state index contributed by atoms with van der Waals surface area (Å²) in [5.74, 6) is 1.05. The third-order valence-electron chi connectivity index (χ3n) is 4.62. The molecule has 23 heavy (non-hydrogen) atoms. The van der Waals surface area contributed by atoms with Crippen molar-refractivity contribution in [3.63, 3.8) is 0 Å². The van der Waals surface area contributed by atoms with E-state index < -0.39 is 0 Å². The van der Waals surface area contributed by atoms with Crippen molar-refractivity contribution >= 4 is 28.5 Å². The van der Waals surface area contributed by atoms with Gasteiger partial charge in [-0.2, -0.15) is 5.10 Å². The van der Waals surface area contributed by atoms with E-state index in [0.29, 0.717) is 11.1 Å². The molecule has 0 bridgehead atoms. The Labute approximate surface area is 139 Å². The summed E-state index contributed by atoms with van der Waals surface area (Å²) in [5.41, 5.74) is 2.20. The van der Waals surface area contributed by atoms with Crippen molar-refractivity contribution in [3.05, 3.63) is 35.5 Å². The van der Waals surface area contributed by atoms with Crippen LogP contribution in [0.15, 0.2) is 24.9 Å². The van der Waals surface area contributed by atoms with Gasteiger partial charge < -0.3 is 9.88 Å². The van der Waals surface area contributed by atoms with Gasteiger partial charge in [0.15, 0.2) is 0 Å². The number of aryl methyl sites for hydroxylation is 1. The summed E-state index contributed by atoms with van der Waals surface area (Å²) in [6, 6.07) is 0.410. The molecule has 7 heteroatoms. The molecule has 0 amide bonds. The number of nitrogens with zero attached hydrogens (tertiary/aromatic N) is 5. The summed E-state index contributed by atoms with van der Waals surface area (Å²) in [7, 11) is 0. The lowest BCUT2D eigenvalue weighted by molar-refractivity contribution is 0.366. The highest BCUT2D eigenvalue weighted by Crippen LogP contribution is 2.31. The summed E-state index contributed by atoms with van der Waals surface area (Å²) >= 11 is 5.98. The second kappa shape index (κ2) is 5.85. The van der Waals surface area contributed by atoms with Crippen molar-refractivity contribution in [1.29, 1.82) is 0 Å². The van der Waals surface area contributed by atoms with Crippen LogP contribution in [0.4, 0.5) is 5.82 Å². The Hall–Kier alpha value is -2.08. The topological polar surface area (TPSA) is 62.6 Å². The van der Waals surface area contributed by atoms with Gasteiger partial charge in [0.05, 0.1) is 22.6 Å². The zero-order valence-electron chi connectivity index (χ0n) is 13.0. The average molecular weight is 331 g/mol. The van der Waals surface area contributed by atoms with Gasteiger partial charge in [0.1, 0.15) is 17.8 Å². The maximum absolute atomic E-state index is 5.98. The third-order valence-corrected chi connectivity index (χ3v) is 4.82. The molecular formula is C16H19ClN6. The van der Waals surface area contributed by atoms with Crippen molar-refractivity contribution in [3.8, 4) is 0 Å². The number of H-pyrrole nitrogens is 1.